The Labute approximate surface area is 110 Å². The summed E-state index contributed by atoms with van der Waals surface area (Å²) in [5, 5.41) is 0. The average molecular weight is 257 g/mol. The molecule has 0 rings (SSSR count). The normalized spacial score (nSPS) is 2.86. The molecule has 4 radical (unpaired) electrons. The molecule has 0 amide bonds. The molecule has 1 nitrogen and oxygen atoms in total. The molecule has 0 aliphatic rings. The van der Waals surface area contributed by atoms with Crippen molar-refractivity contribution in [1.82, 2.24) is 0 Å². The number of rotatable bonds is 1. The van der Waals surface area contributed by atoms with E-state index in [1.165, 1.54) is 6.29 Å². The molecular formula is C3H3MgOY2-. The van der Waals surface area contributed by atoms with Crippen LogP contribution in [0.25, 0.3) is 0 Å². The first kappa shape index (κ1) is 22.8. The van der Waals surface area contributed by atoms with Gasteiger partial charge in [-0.2, -0.15) is 0 Å². The van der Waals surface area contributed by atoms with Crippen molar-refractivity contribution in [2.75, 3.05) is 0 Å². The first-order chi connectivity index (χ1) is 1.91. The van der Waals surface area contributed by atoms with Gasteiger partial charge >= 0.3 is 0 Å². The van der Waals surface area contributed by atoms with E-state index in [0.29, 0.717) is 0 Å². The fourth-order valence-electron chi connectivity index (χ4n) is 0. The molecule has 0 atom stereocenters. The molecule has 0 aromatic heterocycles. The van der Waals surface area contributed by atoms with Crippen LogP contribution in [0.1, 0.15) is 0 Å². The second-order valence-corrected chi connectivity index (χ2v) is 0.322. The molecule has 0 aliphatic carbocycles. The Kier molecular flexibility index (Phi) is 77.3. The number of allylic oxidation sites excluding steroid dienone is 1. The van der Waals surface area contributed by atoms with Crippen LogP contribution < -0.4 is 0 Å². The summed E-state index contributed by atoms with van der Waals surface area (Å²) < 4.78 is 0. The third kappa shape index (κ3) is 29.8. The predicted molar refractivity (Wildman–Crippen MR) is 21.6 cm³/mol. The third-order valence-electron chi connectivity index (χ3n) is 0.0833. The van der Waals surface area contributed by atoms with Crippen molar-refractivity contribution >= 4 is 29.3 Å². The van der Waals surface area contributed by atoms with E-state index in [-0.39, 0.29) is 88.5 Å². The Morgan fingerprint density at radius 1 is 1.43 bits per heavy atom. The smallest absolute Gasteiger partial charge is 0 e. The first-order valence-corrected chi connectivity index (χ1v) is 0.901. The Bertz CT molecular complexity index is 33.9. The average Bonchev–Trinajstić information content (AvgIpc) is 1.37. The molecule has 4 heteroatoms. The van der Waals surface area contributed by atoms with Crippen LogP contribution in [0.3, 0.4) is 0 Å². The predicted octanol–water partition coefficient (Wildman–Crippen LogP) is -0.104. The third-order valence-corrected chi connectivity index (χ3v) is 0.0833. The minimum absolute atomic E-state index is 0. The van der Waals surface area contributed by atoms with Gasteiger partial charge in [0.2, 0.25) is 0 Å². The Morgan fingerprint density at radius 3 is 1.57 bits per heavy atom. The molecule has 0 bridgehead atoms. The molecular weight excluding hydrogens is 254 g/mol. The van der Waals surface area contributed by atoms with Crippen LogP contribution in [-0.4, -0.2) is 29.3 Å². The van der Waals surface area contributed by atoms with Gasteiger partial charge in [-0.15, -0.1) is 0 Å². The maximum Gasteiger partial charge on any atom is 0 e. The van der Waals surface area contributed by atoms with E-state index in [1.54, 1.807) is 0 Å². The molecule has 0 aliphatic heterocycles. The van der Waals surface area contributed by atoms with Gasteiger partial charge in [0, 0.05) is 88.5 Å². The Balaban J connectivity index is -0.0000000150. The minimum atomic E-state index is 0. The van der Waals surface area contributed by atoms with E-state index in [1.807, 2.05) is 0 Å². The summed E-state index contributed by atoms with van der Waals surface area (Å²) in [6.07, 6.45) is 2.51. The van der Waals surface area contributed by atoms with E-state index >= 15 is 0 Å². The van der Waals surface area contributed by atoms with Crippen LogP contribution in [-0.2, 0) is 70.2 Å². The molecule has 0 unspecified atom stereocenters. The van der Waals surface area contributed by atoms with Gasteiger partial charge in [-0.1, -0.05) is 0 Å². The number of carbonyl (C=O) groups excluding carboxylic acids is 1. The quantitative estimate of drug-likeness (QED) is 0.364. The number of hydrogen-bond acceptors (Lipinski definition) is 1. The van der Waals surface area contributed by atoms with Gasteiger partial charge in [0.05, 0.1) is 0 Å². The first-order valence-electron chi connectivity index (χ1n) is 0.901. The van der Waals surface area contributed by atoms with Crippen molar-refractivity contribution in [1.29, 1.82) is 0 Å². The second-order valence-electron chi connectivity index (χ2n) is 0.322. The van der Waals surface area contributed by atoms with Gasteiger partial charge in [-0.05, 0) is 6.29 Å². The van der Waals surface area contributed by atoms with E-state index in [2.05, 4.69) is 6.58 Å². The van der Waals surface area contributed by atoms with Crippen LogP contribution in [0.2, 0.25) is 0 Å². The molecule has 0 fully saturated rings. The SMILES string of the molecule is C=C[C-]=O.[Mg].[Y].[Y]. The van der Waals surface area contributed by atoms with Crippen molar-refractivity contribution in [3.05, 3.63) is 12.7 Å². The van der Waals surface area contributed by atoms with Gasteiger partial charge in [0.25, 0.3) is 0 Å². The second kappa shape index (κ2) is 23.8. The molecule has 7 heavy (non-hydrogen) atoms. The van der Waals surface area contributed by atoms with Crippen LogP contribution in [0.4, 0.5) is 0 Å². The maximum atomic E-state index is 8.93. The zero-order valence-electron chi connectivity index (χ0n) is 4.05. The molecule has 0 aromatic rings. The molecule has 0 saturated heterocycles. The van der Waals surface area contributed by atoms with E-state index in [4.69, 9.17) is 4.79 Å². The van der Waals surface area contributed by atoms with Crippen molar-refractivity contribution in [2.24, 2.45) is 0 Å². The van der Waals surface area contributed by atoms with Crippen LogP contribution >= 0.6 is 0 Å². The van der Waals surface area contributed by atoms with Crippen molar-refractivity contribution in [3.8, 4) is 0 Å². The summed E-state index contributed by atoms with van der Waals surface area (Å²) >= 11 is 0. The molecule has 0 saturated carbocycles. The maximum absolute atomic E-state index is 8.93. The molecule has 0 aromatic carbocycles. The van der Waals surface area contributed by atoms with Crippen LogP contribution in [0.15, 0.2) is 12.7 Å². The zero-order chi connectivity index (χ0) is 3.41. The van der Waals surface area contributed by atoms with Crippen molar-refractivity contribution in [3.63, 3.8) is 0 Å². The zero-order valence-corrected chi connectivity index (χ0v) is 11.1. The number of hydrogen-bond donors (Lipinski definition) is 0. The summed E-state index contributed by atoms with van der Waals surface area (Å²) in [5.41, 5.74) is 0. The monoisotopic (exact) mass is 257 g/mol. The van der Waals surface area contributed by atoms with Gasteiger partial charge in [0.15, 0.2) is 0 Å². The summed E-state index contributed by atoms with van der Waals surface area (Å²) in [4.78, 5) is 8.93. The Morgan fingerprint density at radius 2 is 1.57 bits per heavy atom. The van der Waals surface area contributed by atoms with Crippen LogP contribution in [0.5, 0.6) is 0 Å². The fourth-order valence-corrected chi connectivity index (χ4v) is 0. The van der Waals surface area contributed by atoms with Crippen molar-refractivity contribution < 1.29 is 70.2 Å². The fraction of sp³-hybridized carbons (Fsp3) is 0. The molecule has 0 heterocycles. The Hall–Kier alpha value is 2.38. The largest absolute Gasteiger partial charge is 0.419 e. The summed E-state index contributed by atoms with van der Waals surface area (Å²) in [5.74, 6) is 0. The summed E-state index contributed by atoms with van der Waals surface area (Å²) in [6, 6.07) is 0. The van der Waals surface area contributed by atoms with Crippen LogP contribution in [0, 0.1) is 0 Å². The van der Waals surface area contributed by atoms with Gasteiger partial charge in [-0.3, -0.25) is 0 Å². The van der Waals surface area contributed by atoms with Gasteiger partial charge < -0.3 is 4.79 Å². The molecule has 0 N–H and O–H groups in total. The topological polar surface area (TPSA) is 17.1 Å². The van der Waals surface area contributed by atoms with E-state index < -0.39 is 0 Å². The summed E-state index contributed by atoms with van der Waals surface area (Å²) in [6.45, 7) is 3.06. The standard InChI is InChI=1S/C3H3O.Mg.2Y/c1-2-3-4;;;/h2H,1H2;;;/q-1;;;. The van der Waals surface area contributed by atoms with Gasteiger partial charge in [-0.25, -0.2) is 12.7 Å². The van der Waals surface area contributed by atoms with Crippen molar-refractivity contribution in [2.45, 2.75) is 0 Å². The van der Waals surface area contributed by atoms with E-state index in [9.17, 15) is 0 Å². The molecule has 0 spiro atoms. The van der Waals surface area contributed by atoms with Gasteiger partial charge in [0.1, 0.15) is 0 Å². The molecule has 30 valence electrons. The minimum Gasteiger partial charge on any atom is -0.419 e. The summed E-state index contributed by atoms with van der Waals surface area (Å²) in [7, 11) is 0. The van der Waals surface area contributed by atoms with E-state index in [0.717, 1.165) is 6.08 Å².